The van der Waals surface area contributed by atoms with Gasteiger partial charge in [0.15, 0.2) is 0 Å². The molecule has 0 unspecified atom stereocenters. The van der Waals surface area contributed by atoms with Crippen molar-refractivity contribution in [3.8, 4) is 0 Å². The molecule has 0 aliphatic carbocycles. The lowest BCUT2D eigenvalue weighted by Crippen LogP contribution is -2.43. The molecule has 5 heteroatoms. The van der Waals surface area contributed by atoms with Crippen LogP contribution in [0.2, 0.25) is 5.02 Å². The van der Waals surface area contributed by atoms with Crippen molar-refractivity contribution in [1.29, 1.82) is 0 Å². The third-order valence-corrected chi connectivity index (χ3v) is 5.17. The lowest BCUT2D eigenvalue weighted by Gasteiger charge is -2.34. The summed E-state index contributed by atoms with van der Waals surface area (Å²) in [6.07, 6.45) is 2.34. The minimum atomic E-state index is 0.282. The van der Waals surface area contributed by atoms with Crippen molar-refractivity contribution >= 4 is 11.6 Å². The summed E-state index contributed by atoms with van der Waals surface area (Å²) in [5.41, 5.74) is 3.53. The molecular weight excluding hydrogens is 322 g/mol. The lowest BCUT2D eigenvalue weighted by atomic mass is 10.0. The van der Waals surface area contributed by atoms with Gasteiger partial charge in [0.2, 0.25) is 0 Å². The summed E-state index contributed by atoms with van der Waals surface area (Å²) in [4.78, 5) is 2.52. The Morgan fingerprint density at radius 3 is 2.50 bits per heavy atom. The molecule has 2 aromatic rings. The second-order valence-electron chi connectivity index (χ2n) is 6.80. The minimum Gasteiger partial charge on any atom is -0.361 e. The maximum atomic E-state index is 5.95. The van der Waals surface area contributed by atoms with Crippen LogP contribution in [0.15, 0.2) is 28.8 Å². The zero-order valence-electron chi connectivity index (χ0n) is 14.7. The maximum absolute atomic E-state index is 5.95. The van der Waals surface area contributed by atoms with E-state index in [2.05, 4.69) is 34.4 Å². The Balaban J connectivity index is 1.49. The average Bonchev–Trinajstić information content (AvgIpc) is 2.90. The normalized spacial score (nSPS) is 18.0. The zero-order valence-corrected chi connectivity index (χ0v) is 15.4. The number of aromatic nitrogens is 1. The number of nitrogens with zero attached hydrogens (tertiary/aromatic N) is 2. The van der Waals surface area contributed by atoms with Crippen LogP contribution in [-0.4, -0.2) is 29.2 Å². The van der Waals surface area contributed by atoms with Gasteiger partial charge in [-0.25, -0.2) is 0 Å². The second kappa shape index (κ2) is 7.68. The topological polar surface area (TPSA) is 41.3 Å². The van der Waals surface area contributed by atoms with E-state index in [-0.39, 0.29) is 6.04 Å². The molecule has 2 heterocycles. The first-order valence-corrected chi connectivity index (χ1v) is 9.06. The maximum Gasteiger partial charge on any atom is 0.138 e. The van der Waals surface area contributed by atoms with Gasteiger partial charge in [-0.1, -0.05) is 28.9 Å². The molecule has 1 aromatic heterocycles. The fourth-order valence-electron chi connectivity index (χ4n) is 3.65. The van der Waals surface area contributed by atoms with E-state index in [1.54, 1.807) is 0 Å². The molecule has 1 aliphatic heterocycles. The van der Waals surface area contributed by atoms with Crippen LogP contribution in [0.3, 0.4) is 0 Å². The van der Waals surface area contributed by atoms with Crippen LogP contribution in [0.1, 0.15) is 48.4 Å². The van der Waals surface area contributed by atoms with Gasteiger partial charge in [-0.3, -0.25) is 4.90 Å². The molecule has 1 fully saturated rings. The van der Waals surface area contributed by atoms with E-state index >= 15 is 0 Å². The summed E-state index contributed by atoms with van der Waals surface area (Å²) < 4.78 is 5.29. The molecule has 0 spiro atoms. The smallest absolute Gasteiger partial charge is 0.138 e. The van der Waals surface area contributed by atoms with Crippen molar-refractivity contribution in [2.75, 3.05) is 13.1 Å². The highest BCUT2D eigenvalue weighted by Crippen LogP contribution is 2.23. The highest BCUT2D eigenvalue weighted by Gasteiger charge is 2.23. The van der Waals surface area contributed by atoms with Gasteiger partial charge in [0.25, 0.3) is 0 Å². The van der Waals surface area contributed by atoms with Crippen molar-refractivity contribution in [1.82, 2.24) is 15.4 Å². The van der Waals surface area contributed by atoms with E-state index in [0.29, 0.717) is 6.04 Å². The number of piperidine rings is 1. The van der Waals surface area contributed by atoms with Gasteiger partial charge in [-0.05, 0) is 64.4 Å². The molecular formula is C19H26ClN3O. The summed E-state index contributed by atoms with van der Waals surface area (Å²) in [6.45, 7) is 9.44. The Labute approximate surface area is 149 Å². The molecule has 1 atom stereocenters. The SMILES string of the molecule is Cc1noc(C)c1[C@@H](C)NC1CCN(Cc2ccc(Cl)cc2)CC1. The van der Waals surface area contributed by atoms with Crippen LogP contribution in [0.25, 0.3) is 0 Å². The number of likely N-dealkylation sites (tertiary alicyclic amines) is 1. The number of hydrogen-bond donors (Lipinski definition) is 1. The van der Waals surface area contributed by atoms with Gasteiger partial charge in [-0.15, -0.1) is 0 Å². The van der Waals surface area contributed by atoms with E-state index in [1.807, 2.05) is 26.0 Å². The van der Waals surface area contributed by atoms with Gasteiger partial charge >= 0.3 is 0 Å². The van der Waals surface area contributed by atoms with E-state index in [0.717, 1.165) is 36.1 Å². The van der Waals surface area contributed by atoms with E-state index < -0.39 is 0 Å². The van der Waals surface area contributed by atoms with Crippen LogP contribution in [-0.2, 0) is 6.54 Å². The van der Waals surface area contributed by atoms with E-state index in [1.165, 1.54) is 24.0 Å². The monoisotopic (exact) mass is 347 g/mol. The number of rotatable bonds is 5. The van der Waals surface area contributed by atoms with Crippen molar-refractivity contribution in [3.05, 3.63) is 51.9 Å². The van der Waals surface area contributed by atoms with Crippen LogP contribution in [0.5, 0.6) is 0 Å². The molecule has 1 N–H and O–H groups in total. The standard InChI is InChI=1S/C19H26ClN3O/c1-13(19-14(2)22-24-15(19)3)21-18-8-10-23(11-9-18)12-16-4-6-17(20)7-5-16/h4-7,13,18,21H,8-12H2,1-3H3/t13-/m1/s1. The lowest BCUT2D eigenvalue weighted by molar-refractivity contribution is 0.185. The summed E-state index contributed by atoms with van der Waals surface area (Å²) in [6, 6.07) is 9.00. The van der Waals surface area contributed by atoms with Gasteiger partial charge < -0.3 is 9.84 Å². The Morgan fingerprint density at radius 1 is 1.25 bits per heavy atom. The molecule has 0 bridgehead atoms. The molecule has 24 heavy (non-hydrogen) atoms. The van der Waals surface area contributed by atoms with Crippen LogP contribution < -0.4 is 5.32 Å². The average molecular weight is 348 g/mol. The molecule has 3 rings (SSSR count). The van der Waals surface area contributed by atoms with E-state index in [4.69, 9.17) is 16.1 Å². The molecule has 1 aliphatic rings. The van der Waals surface area contributed by atoms with Crippen molar-refractivity contribution < 1.29 is 4.52 Å². The molecule has 0 saturated carbocycles. The Bertz CT molecular complexity index is 640. The highest BCUT2D eigenvalue weighted by atomic mass is 35.5. The van der Waals surface area contributed by atoms with Crippen LogP contribution in [0, 0.1) is 13.8 Å². The first kappa shape index (κ1) is 17.5. The molecule has 0 amide bonds. The number of aryl methyl sites for hydroxylation is 2. The molecule has 1 saturated heterocycles. The van der Waals surface area contributed by atoms with E-state index in [9.17, 15) is 0 Å². The predicted molar refractivity (Wildman–Crippen MR) is 97.3 cm³/mol. The third-order valence-electron chi connectivity index (χ3n) is 4.91. The molecule has 1 aromatic carbocycles. The highest BCUT2D eigenvalue weighted by molar-refractivity contribution is 6.30. The second-order valence-corrected chi connectivity index (χ2v) is 7.24. The van der Waals surface area contributed by atoms with Crippen LogP contribution in [0.4, 0.5) is 0 Å². The zero-order chi connectivity index (χ0) is 17.1. The predicted octanol–water partition coefficient (Wildman–Crippen LogP) is 4.26. The minimum absolute atomic E-state index is 0.282. The van der Waals surface area contributed by atoms with Crippen molar-refractivity contribution in [2.24, 2.45) is 0 Å². The first-order valence-electron chi connectivity index (χ1n) is 8.68. The van der Waals surface area contributed by atoms with Crippen LogP contribution >= 0.6 is 11.6 Å². The van der Waals surface area contributed by atoms with Gasteiger partial charge in [0.05, 0.1) is 5.69 Å². The fourth-order valence-corrected chi connectivity index (χ4v) is 3.78. The quantitative estimate of drug-likeness (QED) is 0.877. The first-order chi connectivity index (χ1) is 11.5. The van der Waals surface area contributed by atoms with Gasteiger partial charge in [-0.2, -0.15) is 0 Å². The number of halogens is 1. The van der Waals surface area contributed by atoms with Gasteiger partial charge in [0.1, 0.15) is 5.76 Å². The molecule has 0 radical (unpaired) electrons. The number of nitrogens with one attached hydrogen (secondary N) is 1. The summed E-state index contributed by atoms with van der Waals surface area (Å²) in [5, 5.41) is 8.61. The van der Waals surface area contributed by atoms with Crippen molar-refractivity contribution in [2.45, 2.75) is 52.2 Å². The Kier molecular flexibility index (Phi) is 5.59. The summed E-state index contributed by atoms with van der Waals surface area (Å²) in [7, 11) is 0. The summed E-state index contributed by atoms with van der Waals surface area (Å²) >= 11 is 5.95. The number of benzene rings is 1. The largest absolute Gasteiger partial charge is 0.361 e. The van der Waals surface area contributed by atoms with Gasteiger partial charge in [0, 0.05) is 29.2 Å². The Hall–Kier alpha value is -1.36. The molecule has 130 valence electrons. The number of hydrogen-bond acceptors (Lipinski definition) is 4. The Morgan fingerprint density at radius 2 is 1.92 bits per heavy atom. The summed E-state index contributed by atoms with van der Waals surface area (Å²) in [5.74, 6) is 0.924. The molecule has 4 nitrogen and oxygen atoms in total. The van der Waals surface area contributed by atoms with Crippen molar-refractivity contribution in [3.63, 3.8) is 0 Å². The fraction of sp³-hybridized carbons (Fsp3) is 0.526. The third kappa shape index (κ3) is 4.18.